The summed E-state index contributed by atoms with van der Waals surface area (Å²) in [5, 5.41) is 18.2. The first kappa shape index (κ1) is 11.2. The van der Waals surface area contributed by atoms with E-state index in [-0.39, 0.29) is 6.61 Å². The molecule has 6 nitrogen and oxygen atoms in total. The molecule has 0 spiro atoms. The molecule has 2 amide bonds. The Morgan fingerprint density at radius 3 is 2.71 bits per heavy atom. The van der Waals surface area contributed by atoms with Crippen LogP contribution in [-0.2, 0) is 4.74 Å². The van der Waals surface area contributed by atoms with Gasteiger partial charge in [0.15, 0.2) is 0 Å². The van der Waals surface area contributed by atoms with Crippen LogP contribution in [0.1, 0.15) is 13.3 Å². The van der Waals surface area contributed by atoms with Crippen LogP contribution in [0.15, 0.2) is 0 Å². The van der Waals surface area contributed by atoms with Crippen molar-refractivity contribution in [2.75, 3.05) is 13.2 Å². The fourth-order valence-corrected chi connectivity index (χ4v) is 1.57. The number of carbonyl (C=O) groups is 1. The molecule has 4 N–H and O–H groups in total. The highest BCUT2D eigenvalue weighted by Crippen LogP contribution is 2.22. The standard InChI is InChI=1S/C8H16N2O4/c1-2-10(8(9)13)7-3-5(12)6(4-11)14-7/h5-7,11-12H,2-4H2,1H3,(H2,9,13). The molecule has 0 bridgehead atoms. The van der Waals surface area contributed by atoms with E-state index in [4.69, 9.17) is 15.6 Å². The number of carbonyl (C=O) groups excluding carboxylic acids is 1. The monoisotopic (exact) mass is 204 g/mol. The first-order chi connectivity index (χ1) is 6.60. The predicted octanol–water partition coefficient (Wildman–Crippen LogP) is -1.14. The lowest BCUT2D eigenvalue weighted by Crippen LogP contribution is -2.43. The van der Waals surface area contributed by atoms with E-state index in [0.29, 0.717) is 13.0 Å². The maximum absolute atomic E-state index is 10.9. The third-order valence-electron chi connectivity index (χ3n) is 2.36. The molecule has 14 heavy (non-hydrogen) atoms. The summed E-state index contributed by atoms with van der Waals surface area (Å²) in [4.78, 5) is 12.3. The van der Waals surface area contributed by atoms with E-state index < -0.39 is 24.5 Å². The Kier molecular flexibility index (Phi) is 3.68. The molecule has 1 aliphatic heterocycles. The number of aliphatic hydroxyl groups excluding tert-OH is 2. The summed E-state index contributed by atoms with van der Waals surface area (Å²) in [6.45, 7) is 1.94. The molecular weight excluding hydrogens is 188 g/mol. The minimum atomic E-state index is -0.738. The molecular formula is C8H16N2O4. The van der Waals surface area contributed by atoms with Crippen molar-refractivity contribution in [2.45, 2.75) is 31.8 Å². The molecule has 6 heteroatoms. The van der Waals surface area contributed by atoms with Crippen molar-refractivity contribution < 1.29 is 19.7 Å². The highest BCUT2D eigenvalue weighted by atomic mass is 16.5. The number of hydrogen-bond acceptors (Lipinski definition) is 4. The van der Waals surface area contributed by atoms with Gasteiger partial charge in [-0.05, 0) is 6.92 Å². The second-order valence-electron chi connectivity index (χ2n) is 3.24. The van der Waals surface area contributed by atoms with Crippen LogP contribution in [0.3, 0.4) is 0 Å². The van der Waals surface area contributed by atoms with Crippen molar-refractivity contribution in [2.24, 2.45) is 5.73 Å². The normalized spacial score (nSPS) is 31.8. The number of primary amides is 1. The molecule has 0 aromatic heterocycles. The van der Waals surface area contributed by atoms with E-state index >= 15 is 0 Å². The van der Waals surface area contributed by atoms with Gasteiger partial charge in [0.1, 0.15) is 12.3 Å². The van der Waals surface area contributed by atoms with Gasteiger partial charge in [-0.15, -0.1) is 0 Å². The second-order valence-corrected chi connectivity index (χ2v) is 3.24. The average molecular weight is 204 g/mol. The van der Waals surface area contributed by atoms with Crippen LogP contribution < -0.4 is 5.73 Å². The first-order valence-corrected chi connectivity index (χ1v) is 4.60. The Morgan fingerprint density at radius 2 is 2.36 bits per heavy atom. The Hall–Kier alpha value is -0.850. The Bertz CT molecular complexity index is 212. The number of hydrogen-bond donors (Lipinski definition) is 3. The van der Waals surface area contributed by atoms with Crippen LogP contribution in [0, 0.1) is 0 Å². The van der Waals surface area contributed by atoms with Crippen LogP contribution in [0.5, 0.6) is 0 Å². The first-order valence-electron chi connectivity index (χ1n) is 4.60. The molecule has 0 aromatic rings. The number of rotatable bonds is 3. The summed E-state index contributed by atoms with van der Waals surface area (Å²) < 4.78 is 5.26. The van der Waals surface area contributed by atoms with Gasteiger partial charge < -0.3 is 20.7 Å². The van der Waals surface area contributed by atoms with Crippen molar-refractivity contribution in [3.8, 4) is 0 Å². The van der Waals surface area contributed by atoms with Crippen molar-refractivity contribution >= 4 is 6.03 Å². The van der Waals surface area contributed by atoms with Crippen molar-refractivity contribution in [1.82, 2.24) is 4.90 Å². The fourth-order valence-electron chi connectivity index (χ4n) is 1.57. The predicted molar refractivity (Wildman–Crippen MR) is 48.3 cm³/mol. The molecule has 1 rings (SSSR count). The molecule has 1 aliphatic rings. The quantitative estimate of drug-likeness (QED) is 0.541. The molecule has 3 atom stereocenters. The summed E-state index contributed by atoms with van der Waals surface area (Å²) in [5.74, 6) is 0. The number of aliphatic hydroxyl groups is 2. The van der Waals surface area contributed by atoms with Gasteiger partial charge in [0, 0.05) is 13.0 Å². The smallest absolute Gasteiger partial charge is 0.316 e. The van der Waals surface area contributed by atoms with E-state index in [1.54, 1.807) is 6.92 Å². The second kappa shape index (κ2) is 4.59. The SMILES string of the molecule is CCN(C(N)=O)C1CC(O)C(CO)O1. The van der Waals surface area contributed by atoms with Gasteiger partial charge in [-0.1, -0.05) is 0 Å². The Balaban J connectivity index is 2.58. The van der Waals surface area contributed by atoms with E-state index in [0.717, 1.165) is 0 Å². The lowest BCUT2D eigenvalue weighted by molar-refractivity contribution is -0.0620. The molecule has 1 saturated heterocycles. The molecule has 1 heterocycles. The number of ether oxygens (including phenoxy) is 1. The molecule has 82 valence electrons. The molecule has 3 unspecified atom stereocenters. The molecule has 0 radical (unpaired) electrons. The van der Waals surface area contributed by atoms with E-state index in [2.05, 4.69) is 0 Å². The van der Waals surface area contributed by atoms with Crippen molar-refractivity contribution in [3.05, 3.63) is 0 Å². The maximum atomic E-state index is 10.9. The van der Waals surface area contributed by atoms with Gasteiger partial charge >= 0.3 is 6.03 Å². The number of nitrogens with two attached hydrogens (primary N) is 1. The number of urea groups is 1. The van der Waals surface area contributed by atoms with Crippen molar-refractivity contribution in [3.63, 3.8) is 0 Å². The van der Waals surface area contributed by atoms with E-state index in [1.165, 1.54) is 4.90 Å². The van der Waals surface area contributed by atoms with Crippen LogP contribution in [0.4, 0.5) is 4.79 Å². The van der Waals surface area contributed by atoms with Gasteiger partial charge in [-0.3, -0.25) is 4.90 Å². The van der Waals surface area contributed by atoms with Crippen LogP contribution in [0.2, 0.25) is 0 Å². The van der Waals surface area contributed by atoms with Crippen LogP contribution >= 0.6 is 0 Å². The summed E-state index contributed by atoms with van der Waals surface area (Å²) in [7, 11) is 0. The molecule has 0 aliphatic carbocycles. The summed E-state index contributed by atoms with van der Waals surface area (Å²) >= 11 is 0. The molecule has 0 saturated carbocycles. The molecule has 1 fully saturated rings. The highest BCUT2D eigenvalue weighted by Gasteiger charge is 2.37. The third-order valence-corrected chi connectivity index (χ3v) is 2.36. The highest BCUT2D eigenvalue weighted by molar-refractivity contribution is 5.72. The summed E-state index contributed by atoms with van der Waals surface area (Å²) in [6.07, 6.45) is -1.58. The fraction of sp³-hybridized carbons (Fsp3) is 0.875. The van der Waals surface area contributed by atoms with Gasteiger partial charge in [-0.25, -0.2) is 4.79 Å². The topological polar surface area (TPSA) is 96.0 Å². The van der Waals surface area contributed by atoms with Gasteiger partial charge in [0.2, 0.25) is 0 Å². The molecule has 0 aromatic carbocycles. The van der Waals surface area contributed by atoms with Gasteiger partial charge in [0.05, 0.1) is 12.7 Å². The summed E-state index contributed by atoms with van der Waals surface area (Å²) in [5.41, 5.74) is 5.12. The Morgan fingerprint density at radius 1 is 1.71 bits per heavy atom. The number of amides is 2. The largest absolute Gasteiger partial charge is 0.394 e. The Labute approximate surface area is 82.3 Å². The number of nitrogens with zero attached hydrogens (tertiary/aromatic N) is 1. The van der Waals surface area contributed by atoms with E-state index in [9.17, 15) is 9.90 Å². The average Bonchev–Trinajstić information content (AvgIpc) is 2.47. The zero-order valence-corrected chi connectivity index (χ0v) is 8.09. The van der Waals surface area contributed by atoms with Crippen molar-refractivity contribution in [1.29, 1.82) is 0 Å². The van der Waals surface area contributed by atoms with E-state index in [1.807, 2.05) is 0 Å². The minimum Gasteiger partial charge on any atom is -0.394 e. The summed E-state index contributed by atoms with van der Waals surface area (Å²) in [6, 6.07) is -0.580. The van der Waals surface area contributed by atoms with Gasteiger partial charge in [-0.2, -0.15) is 0 Å². The minimum absolute atomic E-state index is 0.256. The lowest BCUT2D eigenvalue weighted by atomic mass is 10.2. The third kappa shape index (κ3) is 2.14. The van der Waals surface area contributed by atoms with Gasteiger partial charge in [0.25, 0.3) is 0 Å². The van der Waals surface area contributed by atoms with Crippen LogP contribution in [0.25, 0.3) is 0 Å². The maximum Gasteiger partial charge on any atom is 0.316 e. The lowest BCUT2D eigenvalue weighted by Gasteiger charge is -2.25. The van der Waals surface area contributed by atoms with Crippen LogP contribution in [-0.4, -0.2) is 52.7 Å². The zero-order chi connectivity index (χ0) is 10.7. The zero-order valence-electron chi connectivity index (χ0n) is 8.09.